The normalized spacial score (nSPS) is 14.5. The molecule has 3 aromatic carbocycles. The maximum absolute atomic E-state index is 13.7. The van der Waals surface area contributed by atoms with Crippen molar-refractivity contribution in [1.82, 2.24) is 29.9 Å². The largest absolute Gasteiger partial charge is 0.385 e. The van der Waals surface area contributed by atoms with Crippen LogP contribution in [0.3, 0.4) is 0 Å². The molecule has 5 aromatic rings. The smallest absolute Gasteiger partial charge is 0.270 e. The number of nitrogens with one attached hydrogen (secondary N) is 2. The maximum Gasteiger partial charge on any atom is 0.270 e. The number of rotatable bonds is 9. The Balaban J connectivity index is 1.26. The van der Waals surface area contributed by atoms with Gasteiger partial charge in [-0.25, -0.2) is 0 Å². The lowest BCUT2D eigenvalue weighted by Crippen LogP contribution is -2.45. The highest BCUT2D eigenvalue weighted by Crippen LogP contribution is 2.42. The molecule has 2 amide bonds. The zero-order valence-corrected chi connectivity index (χ0v) is 25.1. The number of hydrogen-bond acceptors (Lipinski definition) is 6. The van der Waals surface area contributed by atoms with Crippen LogP contribution in [0.1, 0.15) is 40.9 Å². The van der Waals surface area contributed by atoms with Crippen molar-refractivity contribution in [2.24, 2.45) is 14.1 Å². The van der Waals surface area contributed by atoms with Gasteiger partial charge in [-0.05, 0) is 90.0 Å². The molecule has 6 rings (SSSR count). The highest BCUT2D eigenvalue weighted by molar-refractivity contribution is 6.31. The molecule has 11 heteroatoms. The third kappa shape index (κ3) is 5.99. The molecule has 0 spiro atoms. The van der Waals surface area contributed by atoms with Gasteiger partial charge in [-0.2, -0.15) is 5.10 Å². The van der Waals surface area contributed by atoms with Crippen molar-refractivity contribution in [2.75, 3.05) is 5.32 Å². The van der Waals surface area contributed by atoms with Gasteiger partial charge in [0.05, 0.1) is 5.60 Å². The minimum absolute atomic E-state index is 0.142. The van der Waals surface area contributed by atoms with Gasteiger partial charge in [-0.3, -0.25) is 14.3 Å². The van der Waals surface area contributed by atoms with Crippen LogP contribution in [0.2, 0.25) is 5.02 Å². The van der Waals surface area contributed by atoms with Crippen molar-refractivity contribution < 1.29 is 14.7 Å². The van der Waals surface area contributed by atoms with Gasteiger partial charge in [-0.15, -0.1) is 10.2 Å². The molecule has 1 saturated carbocycles. The summed E-state index contributed by atoms with van der Waals surface area (Å²) >= 11 is 6.66. The molecule has 0 bridgehead atoms. The van der Waals surface area contributed by atoms with Crippen LogP contribution in [0.15, 0.2) is 85.3 Å². The number of amides is 2. The SMILES string of the molecule is Cn1cnnc1-c1ccc(NC(=O)C(Cc2cc(-c3cccc(C4(O)CCC4)c3)ccc2Cl)NC(=O)c2ccnn2C)cc1. The molecular formula is C33H32ClN7O3. The Morgan fingerprint density at radius 2 is 1.75 bits per heavy atom. The van der Waals surface area contributed by atoms with Crippen molar-refractivity contribution in [3.8, 4) is 22.5 Å². The number of aliphatic hydroxyl groups is 1. The Labute approximate surface area is 259 Å². The number of carbonyl (C=O) groups excluding carboxylic acids is 2. The molecule has 2 aromatic heterocycles. The summed E-state index contributed by atoms with van der Waals surface area (Å²) in [7, 11) is 3.52. The summed E-state index contributed by atoms with van der Waals surface area (Å²) in [5.41, 5.74) is 4.36. The third-order valence-corrected chi connectivity index (χ3v) is 8.55. The van der Waals surface area contributed by atoms with Gasteiger partial charge in [0.2, 0.25) is 5.91 Å². The zero-order valence-electron chi connectivity index (χ0n) is 24.4. The summed E-state index contributed by atoms with van der Waals surface area (Å²) in [6, 6.07) is 21.4. The predicted octanol–water partition coefficient (Wildman–Crippen LogP) is 4.89. The van der Waals surface area contributed by atoms with Gasteiger partial charge in [0, 0.05) is 43.0 Å². The molecule has 1 atom stereocenters. The number of aryl methyl sites for hydroxylation is 2. The van der Waals surface area contributed by atoms with E-state index in [1.165, 1.54) is 10.9 Å². The number of nitrogens with zero attached hydrogens (tertiary/aromatic N) is 5. The van der Waals surface area contributed by atoms with Crippen LogP contribution in [-0.2, 0) is 30.9 Å². The van der Waals surface area contributed by atoms with Crippen LogP contribution in [0.25, 0.3) is 22.5 Å². The topological polar surface area (TPSA) is 127 Å². The van der Waals surface area contributed by atoms with Crippen molar-refractivity contribution in [3.05, 3.63) is 107 Å². The number of carbonyl (C=O) groups is 2. The lowest BCUT2D eigenvalue weighted by molar-refractivity contribution is -0.118. The number of halogens is 1. The van der Waals surface area contributed by atoms with Crippen molar-refractivity contribution in [3.63, 3.8) is 0 Å². The van der Waals surface area contributed by atoms with Crippen molar-refractivity contribution in [1.29, 1.82) is 0 Å². The van der Waals surface area contributed by atoms with E-state index >= 15 is 0 Å². The summed E-state index contributed by atoms with van der Waals surface area (Å²) in [5, 5.41) is 29.3. The van der Waals surface area contributed by atoms with Crippen LogP contribution in [-0.4, -0.2) is 47.5 Å². The van der Waals surface area contributed by atoms with E-state index in [1.807, 2.05) is 55.6 Å². The lowest BCUT2D eigenvalue weighted by atomic mass is 9.74. The Hall–Kier alpha value is -4.80. The second-order valence-electron chi connectivity index (χ2n) is 11.2. The Kier molecular flexibility index (Phi) is 8.03. The molecule has 10 nitrogen and oxygen atoms in total. The average molecular weight is 610 g/mol. The van der Waals surface area contributed by atoms with E-state index in [2.05, 4.69) is 25.9 Å². The fourth-order valence-electron chi connectivity index (χ4n) is 5.43. The molecular weight excluding hydrogens is 578 g/mol. The zero-order chi connectivity index (χ0) is 30.8. The summed E-state index contributed by atoms with van der Waals surface area (Å²) in [6.07, 6.45) is 5.79. The molecule has 1 aliphatic carbocycles. The maximum atomic E-state index is 13.7. The van der Waals surface area contributed by atoms with E-state index in [9.17, 15) is 14.7 Å². The Morgan fingerprint density at radius 1 is 1.00 bits per heavy atom. The minimum atomic E-state index is -0.953. The standard InChI is InChI=1S/C33H32ClN7O3/c1-40-20-35-39-30(40)21-7-10-26(11-8-21)37-31(42)28(38-32(43)29-13-16-36-41(29)2)19-24-17-23(9-12-27(24)34)22-5-3-6-25(18-22)33(44)14-4-15-33/h3,5-13,16-18,20,28,44H,4,14-15,19H2,1-2H3,(H,37,42)(H,38,43). The second kappa shape index (κ2) is 12.1. The first-order chi connectivity index (χ1) is 21.2. The van der Waals surface area contributed by atoms with Crippen LogP contribution in [0.4, 0.5) is 5.69 Å². The van der Waals surface area contributed by atoms with Crippen LogP contribution >= 0.6 is 11.6 Å². The average Bonchev–Trinajstić information content (AvgIpc) is 3.64. The van der Waals surface area contributed by atoms with Gasteiger partial charge in [0.15, 0.2) is 5.82 Å². The third-order valence-electron chi connectivity index (χ3n) is 8.18. The fourth-order valence-corrected chi connectivity index (χ4v) is 5.63. The van der Waals surface area contributed by atoms with Crippen molar-refractivity contribution >= 4 is 29.1 Å². The number of hydrogen-bond donors (Lipinski definition) is 3. The summed E-state index contributed by atoms with van der Waals surface area (Å²) in [4.78, 5) is 26.9. The predicted molar refractivity (Wildman–Crippen MR) is 168 cm³/mol. The van der Waals surface area contributed by atoms with E-state index in [-0.39, 0.29) is 6.42 Å². The van der Waals surface area contributed by atoms with Gasteiger partial charge >= 0.3 is 0 Å². The lowest BCUT2D eigenvalue weighted by Gasteiger charge is -2.37. The monoisotopic (exact) mass is 609 g/mol. The molecule has 224 valence electrons. The number of anilines is 1. The molecule has 1 unspecified atom stereocenters. The first kappa shape index (κ1) is 29.3. The van der Waals surface area contributed by atoms with E-state index in [4.69, 9.17) is 11.6 Å². The minimum Gasteiger partial charge on any atom is -0.385 e. The fraction of sp³-hybridized carbons (Fsp3) is 0.242. The van der Waals surface area contributed by atoms with Crippen LogP contribution in [0.5, 0.6) is 0 Å². The Bertz CT molecular complexity index is 1830. The highest BCUT2D eigenvalue weighted by atomic mass is 35.5. The van der Waals surface area contributed by atoms with Gasteiger partial charge in [0.25, 0.3) is 5.91 Å². The molecule has 2 heterocycles. The number of benzene rings is 3. The molecule has 0 radical (unpaired) electrons. The second-order valence-corrected chi connectivity index (χ2v) is 11.6. The summed E-state index contributed by atoms with van der Waals surface area (Å²) in [6.45, 7) is 0. The van der Waals surface area contributed by atoms with Gasteiger partial charge in [0.1, 0.15) is 18.1 Å². The van der Waals surface area contributed by atoms with E-state index < -0.39 is 23.5 Å². The molecule has 3 N–H and O–H groups in total. The van der Waals surface area contributed by atoms with Crippen LogP contribution < -0.4 is 10.6 Å². The van der Waals surface area contributed by atoms with Gasteiger partial charge in [-0.1, -0.05) is 35.9 Å². The molecule has 1 fully saturated rings. The van der Waals surface area contributed by atoms with E-state index in [1.54, 1.807) is 42.2 Å². The number of aromatic nitrogens is 5. The summed E-state index contributed by atoms with van der Waals surface area (Å²) in [5.74, 6) is -0.134. The molecule has 0 saturated heterocycles. The highest BCUT2D eigenvalue weighted by Gasteiger charge is 2.36. The molecule has 0 aliphatic heterocycles. The molecule has 1 aliphatic rings. The van der Waals surface area contributed by atoms with E-state index in [0.717, 1.165) is 41.5 Å². The summed E-state index contributed by atoms with van der Waals surface area (Å²) < 4.78 is 3.26. The van der Waals surface area contributed by atoms with Crippen molar-refractivity contribution in [2.45, 2.75) is 37.3 Å². The van der Waals surface area contributed by atoms with E-state index in [0.29, 0.717) is 27.8 Å². The first-order valence-corrected chi connectivity index (χ1v) is 14.7. The Morgan fingerprint density at radius 3 is 2.41 bits per heavy atom. The van der Waals surface area contributed by atoms with Gasteiger partial charge < -0.3 is 20.3 Å². The van der Waals surface area contributed by atoms with Crippen LogP contribution in [0, 0.1) is 0 Å². The quantitative estimate of drug-likeness (QED) is 0.218. The molecule has 44 heavy (non-hydrogen) atoms. The first-order valence-electron chi connectivity index (χ1n) is 14.4.